The summed E-state index contributed by atoms with van der Waals surface area (Å²) < 4.78 is 5.20. The monoisotopic (exact) mass is 303 g/mol. The van der Waals surface area contributed by atoms with Gasteiger partial charge in [0.25, 0.3) is 11.6 Å². The van der Waals surface area contributed by atoms with Gasteiger partial charge in [-0.05, 0) is 18.9 Å². The number of hydrogen-bond donors (Lipinski definition) is 1. The number of pyridine rings is 1. The Morgan fingerprint density at radius 3 is 2.90 bits per heavy atom. The van der Waals surface area contributed by atoms with E-state index in [9.17, 15) is 4.79 Å². The number of fused-ring (bicyclic) bond motifs is 1. The summed E-state index contributed by atoms with van der Waals surface area (Å²) in [6.07, 6.45) is 0. The molecule has 0 radical (unpaired) electrons. The van der Waals surface area contributed by atoms with Gasteiger partial charge in [-0.15, -0.1) is 10.2 Å². The number of anilines is 1. The molecule has 0 fully saturated rings. The van der Waals surface area contributed by atoms with Gasteiger partial charge in [-0.3, -0.25) is 10.1 Å². The Morgan fingerprint density at radius 1 is 1.43 bits per heavy atom. The molecule has 7 nitrogen and oxygen atoms in total. The average molecular weight is 303 g/mol. The van der Waals surface area contributed by atoms with Gasteiger partial charge in [-0.1, -0.05) is 30.3 Å². The summed E-state index contributed by atoms with van der Waals surface area (Å²) in [5.74, 6) is -0.0970. The molecule has 1 amide bonds. The summed E-state index contributed by atoms with van der Waals surface area (Å²) in [4.78, 5) is 16.9. The standard InChI is InChI=1S/C13H13N5O2S/c1-6(2)9-4-8(10-7(3)18-20-12(10)15-9)11(19)16-13-17-14-5-21-13/h4-6H,1-3H3,(H,16,17,19). The lowest BCUT2D eigenvalue weighted by molar-refractivity contribution is 0.102. The van der Waals surface area contributed by atoms with Gasteiger partial charge in [0.1, 0.15) is 5.51 Å². The second-order valence-electron chi connectivity index (χ2n) is 4.90. The van der Waals surface area contributed by atoms with E-state index >= 15 is 0 Å². The average Bonchev–Trinajstić information content (AvgIpc) is 3.08. The van der Waals surface area contributed by atoms with Crippen LogP contribution in [0.3, 0.4) is 0 Å². The zero-order chi connectivity index (χ0) is 15.0. The summed E-state index contributed by atoms with van der Waals surface area (Å²) >= 11 is 1.26. The van der Waals surface area contributed by atoms with Crippen LogP contribution in [0.4, 0.5) is 5.13 Å². The number of nitrogens with zero attached hydrogens (tertiary/aromatic N) is 4. The highest BCUT2D eigenvalue weighted by Crippen LogP contribution is 2.25. The van der Waals surface area contributed by atoms with Crippen molar-refractivity contribution < 1.29 is 9.32 Å². The number of aryl methyl sites for hydroxylation is 1. The van der Waals surface area contributed by atoms with Gasteiger partial charge in [0.05, 0.1) is 16.6 Å². The highest BCUT2D eigenvalue weighted by molar-refractivity contribution is 7.13. The van der Waals surface area contributed by atoms with Crippen LogP contribution in [0.25, 0.3) is 11.1 Å². The fraction of sp³-hybridized carbons (Fsp3) is 0.308. The summed E-state index contributed by atoms with van der Waals surface area (Å²) in [6, 6.07) is 1.77. The molecule has 0 spiro atoms. The Bertz CT molecular complexity index is 794. The van der Waals surface area contributed by atoms with E-state index in [1.807, 2.05) is 13.8 Å². The number of amides is 1. The highest BCUT2D eigenvalue weighted by atomic mass is 32.1. The van der Waals surface area contributed by atoms with Crippen molar-refractivity contribution >= 4 is 33.5 Å². The van der Waals surface area contributed by atoms with Crippen molar-refractivity contribution in [1.29, 1.82) is 0 Å². The van der Waals surface area contributed by atoms with E-state index in [0.29, 0.717) is 27.5 Å². The lowest BCUT2D eigenvalue weighted by Gasteiger charge is -2.08. The largest absolute Gasteiger partial charge is 0.336 e. The first-order valence-corrected chi connectivity index (χ1v) is 7.28. The van der Waals surface area contributed by atoms with Gasteiger partial charge in [0, 0.05) is 5.69 Å². The molecule has 0 aliphatic carbocycles. The molecule has 108 valence electrons. The quantitative estimate of drug-likeness (QED) is 0.799. The maximum absolute atomic E-state index is 12.5. The minimum Gasteiger partial charge on any atom is -0.336 e. The highest BCUT2D eigenvalue weighted by Gasteiger charge is 2.20. The minimum atomic E-state index is -0.271. The third-order valence-electron chi connectivity index (χ3n) is 3.05. The minimum absolute atomic E-state index is 0.174. The Kier molecular flexibility index (Phi) is 3.38. The van der Waals surface area contributed by atoms with Crippen LogP contribution < -0.4 is 5.32 Å². The van der Waals surface area contributed by atoms with Gasteiger partial charge in [0.2, 0.25) is 5.13 Å². The number of aromatic nitrogens is 4. The van der Waals surface area contributed by atoms with Crippen LogP contribution in [0, 0.1) is 6.92 Å². The molecule has 0 atom stereocenters. The SMILES string of the molecule is Cc1noc2nc(C(C)C)cc(C(=O)Nc3nncs3)c12. The van der Waals surface area contributed by atoms with Crippen molar-refractivity contribution in [3.63, 3.8) is 0 Å². The Labute approximate surface area is 124 Å². The number of carbonyl (C=O) groups excluding carboxylic acids is 1. The first-order valence-electron chi connectivity index (χ1n) is 6.40. The van der Waals surface area contributed by atoms with Gasteiger partial charge in [0.15, 0.2) is 0 Å². The Balaban J connectivity index is 2.10. The van der Waals surface area contributed by atoms with E-state index in [2.05, 4.69) is 25.7 Å². The van der Waals surface area contributed by atoms with Crippen LogP contribution >= 0.6 is 11.3 Å². The van der Waals surface area contributed by atoms with Gasteiger partial charge >= 0.3 is 0 Å². The summed E-state index contributed by atoms with van der Waals surface area (Å²) in [6.45, 7) is 5.79. The van der Waals surface area contributed by atoms with Crippen LogP contribution in [-0.4, -0.2) is 26.2 Å². The molecule has 0 unspecified atom stereocenters. The molecule has 0 saturated heterocycles. The van der Waals surface area contributed by atoms with Crippen LogP contribution in [0.2, 0.25) is 0 Å². The molecule has 3 heterocycles. The van der Waals surface area contributed by atoms with Gasteiger partial charge < -0.3 is 4.52 Å². The fourth-order valence-corrected chi connectivity index (χ4v) is 2.42. The smallest absolute Gasteiger partial charge is 0.259 e. The Hall–Kier alpha value is -2.35. The number of hydrogen-bond acceptors (Lipinski definition) is 7. The van der Waals surface area contributed by atoms with E-state index in [-0.39, 0.29) is 11.8 Å². The molecule has 0 aliphatic heterocycles. The van der Waals surface area contributed by atoms with Crippen molar-refractivity contribution in [3.05, 3.63) is 28.5 Å². The van der Waals surface area contributed by atoms with Crippen molar-refractivity contribution in [3.8, 4) is 0 Å². The van der Waals surface area contributed by atoms with Gasteiger partial charge in [-0.25, -0.2) is 4.98 Å². The van der Waals surface area contributed by atoms with E-state index in [1.54, 1.807) is 18.5 Å². The lowest BCUT2D eigenvalue weighted by atomic mass is 10.0. The van der Waals surface area contributed by atoms with Crippen LogP contribution in [0.1, 0.15) is 41.5 Å². The zero-order valence-electron chi connectivity index (χ0n) is 11.7. The number of rotatable bonds is 3. The molecule has 0 bridgehead atoms. The topological polar surface area (TPSA) is 93.8 Å². The van der Waals surface area contributed by atoms with Crippen LogP contribution in [0.15, 0.2) is 16.1 Å². The molecule has 1 N–H and O–H groups in total. The molecular formula is C13H13N5O2S. The maximum Gasteiger partial charge on any atom is 0.259 e. The number of carbonyl (C=O) groups is 1. The van der Waals surface area contributed by atoms with E-state index in [4.69, 9.17) is 4.52 Å². The normalized spacial score (nSPS) is 11.2. The third kappa shape index (κ3) is 2.49. The van der Waals surface area contributed by atoms with E-state index in [1.165, 1.54) is 11.3 Å². The summed E-state index contributed by atoms with van der Waals surface area (Å²) in [5, 5.41) is 15.2. The first kappa shape index (κ1) is 13.6. The Morgan fingerprint density at radius 2 is 2.24 bits per heavy atom. The molecule has 0 saturated carbocycles. The molecule has 3 aromatic rings. The molecule has 0 aliphatic rings. The van der Waals surface area contributed by atoms with Crippen molar-refractivity contribution in [1.82, 2.24) is 20.3 Å². The van der Waals surface area contributed by atoms with E-state index < -0.39 is 0 Å². The van der Waals surface area contributed by atoms with Crippen molar-refractivity contribution in [2.45, 2.75) is 26.7 Å². The van der Waals surface area contributed by atoms with Crippen molar-refractivity contribution in [2.75, 3.05) is 5.32 Å². The predicted molar refractivity (Wildman–Crippen MR) is 78.5 cm³/mol. The first-order chi connectivity index (χ1) is 10.1. The summed E-state index contributed by atoms with van der Waals surface area (Å²) in [5.41, 5.74) is 3.83. The lowest BCUT2D eigenvalue weighted by Crippen LogP contribution is -2.13. The summed E-state index contributed by atoms with van der Waals surface area (Å²) in [7, 11) is 0. The maximum atomic E-state index is 12.5. The van der Waals surface area contributed by atoms with Crippen LogP contribution in [-0.2, 0) is 0 Å². The molecule has 3 rings (SSSR count). The molecular weight excluding hydrogens is 290 g/mol. The second kappa shape index (κ2) is 5.21. The second-order valence-corrected chi connectivity index (χ2v) is 5.73. The fourth-order valence-electron chi connectivity index (χ4n) is 1.98. The third-order valence-corrected chi connectivity index (χ3v) is 3.66. The van der Waals surface area contributed by atoms with Crippen molar-refractivity contribution in [2.24, 2.45) is 0 Å². The molecule has 8 heteroatoms. The van der Waals surface area contributed by atoms with Crippen LogP contribution in [0.5, 0.6) is 0 Å². The molecule has 3 aromatic heterocycles. The predicted octanol–water partition coefficient (Wildman–Crippen LogP) is 2.76. The number of nitrogens with one attached hydrogen (secondary N) is 1. The zero-order valence-corrected chi connectivity index (χ0v) is 12.6. The van der Waals surface area contributed by atoms with Gasteiger partial charge in [-0.2, -0.15) is 0 Å². The van der Waals surface area contributed by atoms with E-state index in [0.717, 1.165) is 5.69 Å². The molecule has 21 heavy (non-hydrogen) atoms. The molecule has 0 aromatic carbocycles.